The summed E-state index contributed by atoms with van der Waals surface area (Å²) in [6.45, 7) is 0.497. The van der Waals surface area contributed by atoms with Gasteiger partial charge >= 0.3 is 12.1 Å². The van der Waals surface area contributed by atoms with Gasteiger partial charge < -0.3 is 15.0 Å². The second kappa shape index (κ2) is 11.3. The summed E-state index contributed by atoms with van der Waals surface area (Å²) < 4.78 is 56.7. The highest BCUT2D eigenvalue weighted by Crippen LogP contribution is 2.35. The number of nitrogens with zero attached hydrogens (tertiary/aromatic N) is 1. The summed E-state index contributed by atoms with van der Waals surface area (Å²) in [5.74, 6) is -2.61. The Labute approximate surface area is 249 Å². The molecule has 0 fully saturated rings. The first-order valence-corrected chi connectivity index (χ1v) is 13.6. The van der Waals surface area contributed by atoms with E-state index < -0.39 is 29.4 Å². The fourth-order valence-electron chi connectivity index (χ4n) is 5.32. The first-order valence-electron chi connectivity index (χ1n) is 13.6. The van der Waals surface area contributed by atoms with Gasteiger partial charge in [-0.15, -0.1) is 0 Å². The molecule has 5 nitrogen and oxygen atoms in total. The van der Waals surface area contributed by atoms with E-state index in [1.54, 1.807) is 30.5 Å². The second-order valence-corrected chi connectivity index (χ2v) is 10.5. The van der Waals surface area contributed by atoms with Crippen LogP contribution in [0.5, 0.6) is 0 Å². The topological polar surface area (TPSA) is 71.3 Å². The third-order valence-corrected chi connectivity index (χ3v) is 7.48. The lowest BCUT2D eigenvalue weighted by atomic mass is 9.98. The minimum Gasteiger partial charge on any atom is -0.478 e. The van der Waals surface area contributed by atoms with Crippen molar-refractivity contribution in [3.8, 4) is 11.1 Å². The summed E-state index contributed by atoms with van der Waals surface area (Å²) >= 11 is 0. The van der Waals surface area contributed by atoms with Crippen molar-refractivity contribution in [1.29, 1.82) is 0 Å². The van der Waals surface area contributed by atoms with Crippen LogP contribution in [-0.4, -0.2) is 21.6 Å². The molecule has 5 aromatic carbocycles. The number of carbonyl (C=O) groups excluding carboxylic acids is 1. The van der Waals surface area contributed by atoms with Crippen LogP contribution in [0.4, 0.5) is 17.6 Å². The molecule has 6 aromatic rings. The molecule has 0 saturated carbocycles. The predicted octanol–water partition coefficient (Wildman–Crippen LogP) is 8.30. The molecule has 0 aliphatic carbocycles. The van der Waals surface area contributed by atoms with E-state index in [1.165, 1.54) is 18.2 Å². The number of alkyl halides is 3. The number of hydrogen-bond donors (Lipinski definition) is 2. The maximum Gasteiger partial charge on any atom is 0.416 e. The number of halogens is 4. The smallest absolute Gasteiger partial charge is 0.416 e. The van der Waals surface area contributed by atoms with Gasteiger partial charge in [-0.2, -0.15) is 13.2 Å². The van der Waals surface area contributed by atoms with E-state index in [9.17, 15) is 27.2 Å². The maximum absolute atomic E-state index is 14.3. The van der Waals surface area contributed by atoms with Gasteiger partial charge in [0.2, 0.25) is 0 Å². The van der Waals surface area contributed by atoms with Gasteiger partial charge in [0, 0.05) is 24.7 Å². The lowest BCUT2D eigenvalue weighted by molar-refractivity contribution is -0.137. The van der Waals surface area contributed by atoms with Crippen molar-refractivity contribution >= 4 is 33.6 Å². The Morgan fingerprint density at radius 2 is 1.45 bits per heavy atom. The van der Waals surface area contributed by atoms with Crippen LogP contribution in [-0.2, 0) is 19.3 Å². The van der Waals surface area contributed by atoms with Gasteiger partial charge in [-0.3, -0.25) is 4.79 Å². The molecule has 1 aromatic heterocycles. The van der Waals surface area contributed by atoms with Gasteiger partial charge in [0.25, 0.3) is 5.91 Å². The average molecular weight is 597 g/mol. The molecule has 1 heterocycles. The third kappa shape index (κ3) is 5.89. The van der Waals surface area contributed by atoms with Crippen molar-refractivity contribution < 1.29 is 32.3 Å². The largest absolute Gasteiger partial charge is 0.478 e. The fraction of sp³-hybridized carbons (Fsp3) is 0.0857. The van der Waals surface area contributed by atoms with E-state index in [4.69, 9.17) is 5.11 Å². The standard InChI is InChI=1S/C35H24F4N2O3/c36-30-16-28(15-29(18-30)35(37,38)39)27-14-26-11-12-41(20-22-7-8-23-3-1-2-4-25(23)13-22)32(26)31(17-27)33(42)40-19-21-5-9-24(10-6-21)34(43)44/h1-18H,19-20H2,(H,40,42)(H,43,44). The van der Waals surface area contributed by atoms with Gasteiger partial charge in [0.1, 0.15) is 5.82 Å². The molecule has 0 spiro atoms. The Morgan fingerprint density at radius 1 is 0.750 bits per heavy atom. The molecule has 0 aliphatic rings. The molecule has 0 atom stereocenters. The van der Waals surface area contributed by atoms with Crippen LogP contribution in [0.2, 0.25) is 0 Å². The van der Waals surface area contributed by atoms with Gasteiger partial charge in [0.05, 0.1) is 22.2 Å². The zero-order valence-electron chi connectivity index (χ0n) is 23.0. The van der Waals surface area contributed by atoms with E-state index in [1.807, 2.05) is 41.0 Å². The molecule has 9 heteroatoms. The SMILES string of the molecule is O=C(O)c1ccc(CNC(=O)c2cc(-c3cc(F)cc(C(F)(F)F)c3)cc3ccn(Cc4ccc5ccccc5c4)c23)cc1. The third-order valence-electron chi connectivity index (χ3n) is 7.48. The van der Waals surface area contributed by atoms with Crippen LogP contribution in [0.25, 0.3) is 32.8 Å². The number of aromatic carboxylic acids is 1. The normalized spacial score (nSPS) is 11.6. The number of fused-ring (bicyclic) bond motifs is 2. The number of hydrogen-bond acceptors (Lipinski definition) is 2. The molecule has 44 heavy (non-hydrogen) atoms. The molecule has 0 bridgehead atoms. The molecule has 0 unspecified atom stereocenters. The number of carbonyl (C=O) groups is 2. The number of carboxylic acids is 1. The number of amides is 1. The maximum atomic E-state index is 14.3. The molecule has 0 aliphatic heterocycles. The number of aromatic nitrogens is 1. The zero-order valence-corrected chi connectivity index (χ0v) is 23.0. The molecule has 1 amide bonds. The molecular formula is C35H24F4N2O3. The number of nitrogens with one attached hydrogen (secondary N) is 1. The number of rotatable bonds is 7. The lowest BCUT2D eigenvalue weighted by Crippen LogP contribution is -2.23. The van der Waals surface area contributed by atoms with Gasteiger partial charge in [-0.25, -0.2) is 9.18 Å². The monoisotopic (exact) mass is 596 g/mol. The van der Waals surface area contributed by atoms with E-state index in [0.29, 0.717) is 29.1 Å². The lowest BCUT2D eigenvalue weighted by Gasteiger charge is -2.14. The summed E-state index contributed by atoms with van der Waals surface area (Å²) in [4.78, 5) is 24.9. The van der Waals surface area contributed by atoms with Crippen molar-refractivity contribution in [1.82, 2.24) is 9.88 Å². The first-order chi connectivity index (χ1) is 21.0. The highest BCUT2D eigenvalue weighted by atomic mass is 19.4. The van der Waals surface area contributed by atoms with Crippen LogP contribution in [0.3, 0.4) is 0 Å². The van der Waals surface area contributed by atoms with Gasteiger partial charge in [-0.1, -0.05) is 48.5 Å². The highest BCUT2D eigenvalue weighted by molar-refractivity contribution is 6.08. The Hall–Kier alpha value is -5.44. The molecule has 220 valence electrons. The summed E-state index contributed by atoms with van der Waals surface area (Å²) in [6, 6.07) is 27.2. The van der Waals surface area contributed by atoms with Crippen molar-refractivity contribution in [2.24, 2.45) is 0 Å². The zero-order chi connectivity index (χ0) is 31.0. The molecule has 6 rings (SSSR count). The van der Waals surface area contributed by atoms with Crippen LogP contribution < -0.4 is 5.32 Å². The predicted molar refractivity (Wildman–Crippen MR) is 160 cm³/mol. The first kappa shape index (κ1) is 28.7. The molecule has 0 radical (unpaired) electrons. The quantitative estimate of drug-likeness (QED) is 0.182. The van der Waals surface area contributed by atoms with Crippen molar-refractivity contribution in [3.05, 3.63) is 143 Å². The summed E-state index contributed by atoms with van der Waals surface area (Å²) in [7, 11) is 0. The molecule has 2 N–H and O–H groups in total. The minimum atomic E-state index is -4.75. The summed E-state index contributed by atoms with van der Waals surface area (Å²) in [5.41, 5.74) is 1.61. The Morgan fingerprint density at radius 3 is 2.18 bits per heavy atom. The van der Waals surface area contributed by atoms with E-state index in [2.05, 4.69) is 11.4 Å². The van der Waals surface area contributed by atoms with Gasteiger partial charge in [0.15, 0.2) is 0 Å². The molecular weight excluding hydrogens is 572 g/mol. The van der Waals surface area contributed by atoms with Crippen LogP contribution in [0, 0.1) is 5.82 Å². The highest BCUT2D eigenvalue weighted by Gasteiger charge is 2.31. The second-order valence-electron chi connectivity index (χ2n) is 10.5. The van der Waals surface area contributed by atoms with Crippen molar-refractivity contribution in [3.63, 3.8) is 0 Å². The van der Waals surface area contributed by atoms with Crippen molar-refractivity contribution in [2.45, 2.75) is 19.3 Å². The van der Waals surface area contributed by atoms with E-state index in [-0.39, 0.29) is 28.8 Å². The number of carboxylic acid groups (broad SMARTS) is 1. The number of benzene rings is 5. The van der Waals surface area contributed by atoms with Crippen LogP contribution >= 0.6 is 0 Å². The van der Waals surface area contributed by atoms with Crippen molar-refractivity contribution in [2.75, 3.05) is 0 Å². The Bertz CT molecular complexity index is 2050. The average Bonchev–Trinajstić information content (AvgIpc) is 3.41. The van der Waals surface area contributed by atoms with Gasteiger partial charge in [-0.05, 0) is 87.6 Å². The fourth-order valence-corrected chi connectivity index (χ4v) is 5.32. The summed E-state index contributed by atoms with van der Waals surface area (Å²) in [6.07, 6.45) is -2.95. The Kier molecular flexibility index (Phi) is 7.38. The van der Waals surface area contributed by atoms with Crippen LogP contribution in [0.1, 0.15) is 37.4 Å². The minimum absolute atomic E-state index is 0.0141. The van der Waals surface area contributed by atoms with Crippen LogP contribution in [0.15, 0.2) is 109 Å². The van der Waals surface area contributed by atoms with E-state index >= 15 is 0 Å². The van der Waals surface area contributed by atoms with E-state index in [0.717, 1.165) is 28.5 Å². The summed E-state index contributed by atoms with van der Waals surface area (Å²) in [5, 5.41) is 14.7. The Balaban J connectivity index is 1.41. The molecule has 0 saturated heterocycles.